The van der Waals surface area contributed by atoms with E-state index in [1.807, 2.05) is 6.07 Å². The van der Waals surface area contributed by atoms with Crippen LogP contribution < -0.4 is 11.1 Å². The minimum atomic E-state index is -1.35. The van der Waals surface area contributed by atoms with Gasteiger partial charge in [-0.1, -0.05) is 6.07 Å². The molecule has 37 heavy (non-hydrogen) atoms. The van der Waals surface area contributed by atoms with E-state index in [0.717, 1.165) is 11.1 Å². The van der Waals surface area contributed by atoms with Crippen molar-refractivity contribution in [2.24, 2.45) is 5.73 Å². The molecule has 13 heteroatoms. The molecular weight excluding hydrogens is 547 g/mol. The van der Waals surface area contributed by atoms with Gasteiger partial charge in [0.2, 0.25) is 11.8 Å². The monoisotopic (exact) mass is 566 g/mol. The number of rotatable bonds is 6. The van der Waals surface area contributed by atoms with Crippen molar-refractivity contribution in [3.63, 3.8) is 0 Å². The number of primary amides is 1. The molecule has 0 radical (unpaired) electrons. The molecule has 1 aliphatic heterocycles. The number of amides is 3. The van der Waals surface area contributed by atoms with Crippen LogP contribution in [0.5, 0.6) is 0 Å². The van der Waals surface area contributed by atoms with Gasteiger partial charge in [-0.05, 0) is 39.7 Å². The third-order valence-corrected chi connectivity index (χ3v) is 6.48. The van der Waals surface area contributed by atoms with Gasteiger partial charge < -0.3 is 20.5 Å². The second-order valence-electron chi connectivity index (χ2n) is 8.51. The Labute approximate surface area is 218 Å². The fourth-order valence-electron chi connectivity index (χ4n) is 4.42. The van der Waals surface area contributed by atoms with Gasteiger partial charge in [0.1, 0.15) is 23.4 Å². The van der Waals surface area contributed by atoms with E-state index in [-0.39, 0.29) is 30.9 Å². The number of nitrogens with two attached hydrogens (primary N) is 1. The van der Waals surface area contributed by atoms with Gasteiger partial charge in [0.15, 0.2) is 5.82 Å². The predicted molar refractivity (Wildman–Crippen MR) is 135 cm³/mol. The summed E-state index contributed by atoms with van der Waals surface area (Å²) in [6.45, 7) is -0.435. The van der Waals surface area contributed by atoms with Crippen LogP contribution in [0.3, 0.4) is 0 Å². The molecule has 3 amide bonds. The normalized spacial score (nSPS) is 17.2. The molecule has 3 aromatic heterocycles. The first-order chi connectivity index (χ1) is 17.8. The van der Waals surface area contributed by atoms with E-state index >= 15 is 0 Å². The van der Waals surface area contributed by atoms with Crippen LogP contribution in [0.25, 0.3) is 22.0 Å². The lowest BCUT2D eigenvalue weighted by Gasteiger charge is -2.24. The zero-order valence-corrected chi connectivity index (χ0v) is 20.8. The summed E-state index contributed by atoms with van der Waals surface area (Å²) in [6.07, 6.45) is 5.96. The van der Waals surface area contributed by atoms with E-state index in [4.69, 9.17) is 5.73 Å². The van der Waals surface area contributed by atoms with Gasteiger partial charge in [-0.3, -0.25) is 19.4 Å². The van der Waals surface area contributed by atoms with E-state index in [1.54, 1.807) is 35.2 Å². The second-order valence-corrected chi connectivity index (χ2v) is 9.32. The van der Waals surface area contributed by atoms with E-state index in [9.17, 15) is 18.8 Å². The minimum Gasteiger partial charge on any atom is -0.366 e. The molecule has 0 saturated carbocycles. The highest BCUT2D eigenvalue weighted by molar-refractivity contribution is 9.10. The number of fused-ring (bicyclic) bond motifs is 1. The lowest BCUT2D eigenvalue weighted by Crippen LogP contribution is -2.44. The van der Waals surface area contributed by atoms with Crippen LogP contribution in [0, 0.1) is 0 Å². The molecule has 1 saturated heterocycles. The molecule has 3 N–H and O–H groups in total. The number of aromatic nitrogens is 5. The number of carbonyl (C=O) groups excluding carboxylic acids is 3. The van der Waals surface area contributed by atoms with Crippen LogP contribution >= 0.6 is 15.9 Å². The minimum absolute atomic E-state index is 0.138. The molecule has 0 spiro atoms. The Morgan fingerprint density at radius 3 is 2.70 bits per heavy atom. The summed E-state index contributed by atoms with van der Waals surface area (Å²) in [5, 5.41) is 10.8. The molecule has 0 unspecified atom stereocenters. The third-order valence-electron chi connectivity index (χ3n) is 6.10. The summed E-state index contributed by atoms with van der Waals surface area (Å²) < 4.78 is 16.4. The van der Waals surface area contributed by atoms with Gasteiger partial charge in [0.05, 0.1) is 36.9 Å². The lowest BCUT2D eigenvalue weighted by molar-refractivity contribution is -0.137. The fourth-order valence-corrected chi connectivity index (χ4v) is 4.73. The molecule has 4 aromatic rings. The maximum atomic E-state index is 14.4. The smallest absolute Gasteiger partial charge is 0.250 e. The first-order valence-corrected chi connectivity index (χ1v) is 12.0. The molecule has 0 bridgehead atoms. The Morgan fingerprint density at radius 1 is 1.14 bits per heavy atom. The zero-order chi connectivity index (χ0) is 26.1. The highest BCUT2D eigenvalue weighted by Crippen LogP contribution is 2.29. The number of carbonyl (C=O) groups is 3. The number of likely N-dealkylation sites (tertiary alicyclic amines) is 1. The van der Waals surface area contributed by atoms with Crippen LogP contribution in [0.15, 0.2) is 59.9 Å². The number of nitrogens with zero attached hydrogens (tertiary/aromatic N) is 6. The molecule has 1 aromatic carbocycles. The van der Waals surface area contributed by atoms with Crippen molar-refractivity contribution in [3.8, 4) is 11.1 Å². The van der Waals surface area contributed by atoms with Crippen molar-refractivity contribution in [2.45, 2.75) is 25.2 Å². The van der Waals surface area contributed by atoms with Crippen molar-refractivity contribution in [1.82, 2.24) is 29.6 Å². The maximum absolute atomic E-state index is 14.4. The van der Waals surface area contributed by atoms with Gasteiger partial charge in [-0.15, -0.1) is 0 Å². The van der Waals surface area contributed by atoms with Crippen molar-refractivity contribution in [3.05, 3.63) is 65.4 Å². The Kier molecular flexibility index (Phi) is 6.61. The number of hydrogen-bond acceptors (Lipinski definition) is 7. The molecule has 4 heterocycles. The number of benzene rings is 1. The van der Waals surface area contributed by atoms with Crippen molar-refractivity contribution < 1.29 is 18.8 Å². The standard InChI is InChI=1S/C24H20BrFN8O3/c25-20-8-28-9-21(31-20)32-24(37)19-6-15(26)10-34(19)22(35)12-33-11-17(23(27)36)16-5-13(1-2-18(16)33)14-3-4-29-30-7-14/h1-5,7-9,11,15,19H,6,10,12H2,(H2,27,36)(H,31,32,37)/t15-,19+/m1/s1. The largest absolute Gasteiger partial charge is 0.366 e. The van der Waals surface area contributed by atoms with Gasteiger partial charge in [-0.2, -0.15) is 10.2 Å². The summed E-state index contributed by atoms with van der Waals surface area (Å²) in [6, 6.07) is 6.14. The van der Waals surface area contributed by atoms with Crippen LogP contribution in [-0.4, -0.2) is 66.1 Å². The second kappa shape index (κ2) is 10.0. The van der Waals surface area contributed by atoms with Gasteiger partial charge >= 0.3 is 0 Å². The maximum Gasteiger partial charge on any atom is 0.250 e. The van der Waals surface area contributed by atoms with Crippen molar-refractivity contribution in [1.29, 1.82) is 0 Å². The molecular formula is C24H20BrFN8O3. The molecule has 0 aliphatic carbocycles. The molecule has 1 fully saturated rings. The molecule has 2 atom stereocenters. The Morgan fingerprint density at radius 2 is 1.97 bits per heavy atom. The Bertz CT molecular complexity index is 1510. The van der Waals surface area contributed by atoms with Gasteiger partial charge in [0, 0.05) is 29.1 Å². The zero-order valence-electron chi connectivity index (χ0n) is 19.2. The highest BCUT2D eigenvalue weighted by Gasteiger charge is 2.40. The lowest BCUT2D eigenvalue weighted by atomic mass is 10.0. The SMILES string of the molecule is NC(=O)c1cn(CC(=O)N2C[C@H](F)C[C@H]2C(=O)Nc2cncc(Br)n2)c2ccc(-c3ccnnc3)cc12. The highest BCUT2D eigenvalue weighted by atomic mass is 79.9. The number of hydrogen-bond donors (Lipinski definition) is 2. The number of anilines is 1. The average Bonchev–Trinajstić information content (AvgIpc) is 3.45. The van der Waals surface area contributed by atoms with Crippen LogP contribution in [-0.2, 0) is 16.1 Å². The number of halogens is 2. The Balaban J connectivity index is 1.41. The topological polar surface area (TPSA) is 149 Å². The summed E-state index contributed by atoms with van der Waals surface area (Å²) in [5.41, 5.74) is 8.03. The van der Waals surface area contributed by atoms with Crippen molar-refractivity contribution in [2.75, 3.05) is 11.9 Å². The average molecular weight is 567 g/mol. The predicted octanol–water partition coefficient (Wildman–Crippen LogP) is 2.33. The Hall–Kier alpha value is -4.26. The van der Waals surface area contributed by atoms with Crippen LogP contribution in [0.2, 0.25) is 0 Å². The fraction of sp³-hybridized carbons (Fsp3) is 0.208. The van der Waals surface area contributed by atoms with Crippen molar-refractivity contribution >= 4 is 50.4 Å². The van der Waals surface area contributed by atoms with Gasteiger partial charge in [-0.25, -0.2) is 9.37 Å². The summed E-state index contributed by atoms with van der Waals surface area (Å²) in [4.78, 5) is 47.6. The van der Waals surface area contributed by atoms with E-state index in [0.29, 0.717) is 15.5 Å². The summed E-state index contributed by atoms with van der Waals surface area (Å²) in [7, 11) is 0. The van der Waals surface area contributed by atoms with E-state index in [1.165, 1.54) is 23.5 Å². The van der Waals surface area contributed by atoms with Crippen LogP contribution in [0.4, 0.5) is 10.2 Å². The quantitative estimate of drug-likeness (QED) is 0.363. The third kappa shape index (κ3) is 5.03. The first kappa shape index (κ1) is 24.4. The summed E-state index contributed by atoms with van der Waals surface area (Å²) in [5.74, 6) is -1.52. The van der Waals surface area contributed by atoms with E-state index < -0.39 is 29.9 Å². The van der Waals surface area contributed by atoms with Crippen LogP contribution in [0.1, 0.15) is 16.8 Å². The number of nitrogens with one attached hydrogen (secondary N) is 1. The molecule has 1 aliphatic rings. The number of alkyl halides is 1. The first-order valence-electron chi connectivity index (χ1n) is 11.2. The summed E-state index contributed by atoms with van der Waals surface area (Å²) >= 11 is 3.18. The molecule has 5 rings (SSSR count). The molecule has 188 valence electrons. The van der Waals surface area contributed by atoms with E-state index in [2.05, 4.69) is 41.4 Å². The molecule has 11 nitrogen and oxygen atoms in total. The van der Waals surface area contributed by atoms with Gasteiger partial charge in [0.25, 0.3) is 5.91 Å².